The number of nitrogens with zero attached hydrogens (tertiary/aromatic N) is 4. The fourth-order valence-electron chi connectivity index (χ4n) is 1.73. The first-order chi connectivity index (χ1) is 8.65. The van der Waals surface area contributed by atoms with E-state index in [1.165, 1.54) is 23.7 Å². The Morgan fingerprint density at radius 1 is 1.44 bits per heavy atom. The van der Waals surface area contributed by atoms with Crippen LogP contribution in [0.4, 0.5) is 5.69 Å². The summed E-state index contributed by atoms with van der Waals surface area (Å²) in [5.74, 6) is 0.860. The molecule has 0 bridgehead atoms. The number of rotatable bonds is 2. The van der Waals surface area contributed by atoms with E-state index in [1.54, 1.807) is 6.07 Å². The summed E-state index contributed by atoms with van der Waals surface area (Å²) < 4.78 is 6.04. The number of hydrogen-bond acceptors (Lipinski definition) is 5. The lowest BCUT2D eigenvalue weighted by molar-refractivity contribution is -0.384. The van der Waals surface area contributed by atoms with E-state index in [9.17, 15) is 10.1 Å². The molecule has 0 N–H and O–H groups in total. The van der Waals surface area contributed by atoms with Crippen molar-refractivity contribution in [2.45, 2.75) is 6.92 Å². The van der Waals surface area contributed by atoms with E-state index in [1.807, 2.05) is 23.6 Å². The van der Waals surface area contributed by atoms with Crippen molar-refractivity contribution in [1.29, 1.82) is 0 Å². The number of aromatic nitrogens is 3. The van der Waals surface area contributed by atoms with Gasteiger partial charge in [-0.05, 0) is 6.92 Å². The van der Waals surface area contributed by atoms with Gasteiger partial charge in [-0.25, -0.2) is 4.98 Å². The lowest BCUT2D eigenvalue weighted by Crippen LogP contribution is -1.88. The standard InChI is InChI=1S/C11H8N4O2S/c1-7-13-18-11-12-10(6-14(7)11)8-3-2-4-9(5-8)15(16)17/h2-6H,1H3. The molecule has 2 aromatic heterocycles. The summed E-state index contributed by atoms with van der Waals surface area (Å²) in [7, 11) is 0. The van der Waals surface area contributed by atoms with Gasteiger partial charge >= 0.3 is 0 Å². The maximum absolute atomic E-state index is 10.7. The Bertz CT molecular complexity index is 746. The van der Waals surface area contributed by atoms with Gasteiger partial charge in [0.25, 0.3) is 5.69 Å². The van der Waals surface area contributed by atoms with Crippen molar-refractivity contribution < 1.29 is 4.92 Å². The Balaban J connectivity index is 2.13. The highest BCUT2D eigenvalue weighted by molar-refractivity contribution is 7.11. The fraction of sp³-hybridized carbons (Fsp3) is 0.0909. The molecule has 2 heterocycles. The predicted molar refractivity (Wildman–Crippen MR) is 67.7 cm³/mol. The molecule has 0 radical (unpaired) electrons. The lowest BCUT2D eigenvalue weighted by Gasteiger charge is -1.96. The van der Waals surface area contributed by atoms with Gasteiger partial charge in [-0.2, -0.15) is 4.37 Å². The average Bonchev–Trinajstić information content (AvgIpc) is 2.92. The molecule has 6 nitrogen and oxygen atoms in total. The number of imidazole rings is 1. The molecule has 0 aliphatic rings. The highest BCUT2D eigenvalue weighted by Crippen LogP contribution is 2.24. The minimum absolute atomic E-state index is 0.0682. The van der Waals surface area contributed by atoms with Gasteiger partial charge in [0.1, 0.15) is 5.82 Å². The number of hydrogen-bond donors (Lipinski definition) is 0. The second kappa shape index (κ2) is 3.88. The largest absolute Gasteiger partial charge is 0.277 e. The molecule has 18 heavy (non-hydrogen) atoms. The van der Waals surface area contributed by atoms with Crippen LogP contribution in [0.5, 0.6) is 0 Å². The van der Waals surface area contributed by atoms with Gasteiger partial charge < -0.3 is 0 Å². The number of nitro groups is 1. The zero-order valence-corrected chi connectivity index (χ0v) is 10.2. The summed E-state index contributed by atoms with van der Waals surface area (Å²) in [6.45, 7) is 1.89. The second-order valence-corrected chi connectivity index (χ2v) is 4.55. The van der Waals surface area contributed by atoms with Gasteiger partial charge in [0.05, 0.1) is 10.6 Å². The lowest BCUT2D eigenvalue weighted by atomic mass is 10.1. The third kappa shape index (κ3) is 1.65. The summed E-state index contributed by atoms with van der Waals surface area (Å²) >= 11 is 1.31. The van der Waals surface area contributed by atoms with E-state index in [2.05, 4.69) is 9.36 Å². The highest BCUT2D eigenvalue weighted by Gasteiger charge is 2.11. The first-order valence-corrected chi connectivity index (χ1v) is 5.99. The van der Waals surface area contributed by atoms with Gasteiger partial charge in [0.2, 0.25) is 4.96 Å². The molecule has 0 unspecified atom stereocenters. The molecule has 3 rings (SSSR count). The molecule has 0 atom stereocenters. The Morgan fingerprint density at radius 3 is 3.00 bits per heavy atom. The zero-order chi connectivity index (χ0) is 12.7. The molecule has 0 aliphatic carbocycles. The minimum Gasteiger partial charge on any atom is -0.277 e. The Labute approximate surface area is 106 Å². The quantitative estimate of drug-likeness (QED) is 0.524. The van der Waals surface area contributed by atoms with E-state index in [0.717, 1.165) is 22.0 Å². The predicted octanol–water partition coefficient (Wildman–Crippen LogP) is 2.67. The molecule has 90 valence electrons. The van der Waals surface area contributed by atoms with E-state index >= 15 is 0 Å². The van der Waals surface area contributed by atoms with E-state index in [0.29, 0.717) is 0 Å². The minimum atomic E-state index is -0.408. The van der Waals surface area contributed by atoms with Crippen LogP contribution in [0.1, 0.15) is 5.82 Å². The van der Waals surface area contributed by atoms with Crippen LogP contribution in [0.25, 0.3) is 16.2 Å². The van der Waals surface area contributed by atoms with Crippen molar-refractivity contribution in [1.82, 2.24) is 13.8 Å². The maximum atomic E-state index is 10.7. The number of aryl methyl sites for hydroxylation is 1. The summed E-state index contributed by atoms with van der Waals surface area (Å²) in [5.41, 5.74) is 1.52. The van der Waals surface area contributed by atoms with Crippen LogP contribution >= 0.6 is 11.5 Å². The van der Waals surface area contributed by atoms with Crippen LogP contribution in [-0.4, -0.2) is 18.7 Å². The van der Waals surface area contributed by atoms with Crippen LogP contribution in [0.15, 0.2) is 30.5 Å². The average molecular weight is 260 g/mol. The van der Waals surface area contributed by atoms with E-state index in [4.69, 9.17) is 0 Å². The SMILES string of the molecule is Cc1nsc2nc(-c3cccc([N+](=O)[O-])c3)cn12. The van der Waals surface area contributed by atoms with Gasteiger partial charge in [-0.15, -0.1) is 0 Å². The molecule has 1 aromatic carbocycles. The third-order valence-electron chi connectivity index (χ3n) is 2.63. The summed E-state index contributed by atoms with van der Waals surface area (Å²) in [4.78, 5) is 15.5. The molecule has 3 aromatic rings. The smallest absolute Gasteiger partial charge is 0.270 e. The van der Waals surface area contributed by atoms with Crippen molar-refractivity contribution in [3.05, 3.63) is 46.4 Å². The van der Waals surface area contributed by atoms with Gasteiger partial charge in [-0.3, -0.25) is 14.5 Å². The molecule has 0 fully saturated rings. The van der Waals surface area contributed by atoms with E-state index in [-0.39, 0.29) is 5.69 Å². The van der Waals surface area contributed by atoms with Crippen LogP contribution in [0, 0.1) is 17.0 Å². The molecule has 0 aliphatic heterocycles. The van der Waals surface area contributed by atoms with Gasteiger partial charge in [-0.1, -0.05) is 12.1 Å². The molecular weight excluding hydrogens is 252 g/mol. The fourth-order valence-corrected chi connectivity index (χ4v) is 2.44. The third-order valence-corrected chi connectivity index (χ3v) is 3.44. The highest BCUT2D eigenvalue weighted by atomic mass is 32.1. The number of fused-ring (bicyclic) bond motifs is 1. The first kappa shape index (κ1) is 10.8. The van der Waals surface area contributed by atoms with Gasteiger partial charge in [0.15, 0.2) is 0 Å². The van der Waals surface area contributed by atoms with Crippen LogP contribution in [-0.2, 0) is 0 Å². The number of nitro benzene ring substituents is 1. The summed E-state index contributed by atoms with van der Waals surface area (Å²) in [5, 5.41) is 10.7. The van der Waals surface area contributed by atoms with Crippen molar-refractivity contribution in [3.8, 4) is 11.3 Å². The van der Waals surface area contributed by atoms with E-state index < -0.39 is 4.92 Å². The van der Waals surface area contributed by atoms with Crippen LogP contribution in [0.3, 0.4) is 0 Å². The van der Waals surface area contributed by atoms with Crippen molar-refractivity contribution in [3.63, 3.8) is 0 Å². The van der Waals surface area contributed by atoms with Crippen LogP contribution in [0.2, 0.25) is 0 Å². The molecule has 0 spiro atoms. The number of benzene rings is 1. The zero-order valence-electron chi connectivity index (χ0n) is 9.40. The summed E-state index contributed by atoms with van der Waals surface area (Å²) in [6, 6.07) is 6.46. The maximum Gasteiger partial charge on any atom is 0.270 e. The number of non-ortho nitro benzene ring substituents is 1. The molecule has 7 heteroatoms. The first-order valence-electron chi connectivity index (χ1n) is 5.21. The van der Waals surface area contributed by atoms with Crippen LogP contribution < -0.4 is 0 Å². The topological polar surface area (TPSA) is 73.3 Å². The Morgan fingerprint density at radius 2 is 2.28 bits per heavy atom. The van der Waals surface area contributed by atoms with Crippen molar-refractivity contribution in [2.24, 2.45) is 0 Å². The Hall–Kier alpha value is -2.28. The molecular formula is C11H8N4O2S. The monoisotopic (exact) mass is 260 g/mol. The molecule has 0 saturated carbocycles. The Kier molecular flexibility index (Phi) is 2.34. The summed E-state index contributed by atoms with van der Waals surface area (Å²) in [6.07, 6.45) is 1.84. The molecule has 0 saturated heterocycles. The van der Waals surface area contributed by atoms with Gasteiger partial charge in [0, 0.05) is 35.4 Å². The van der Waals surface area contributed by atoms with Crippen molar-refractivity contribution in [2.75, 3.05) is 0 Å². The second-order valence-electron chi connectivity index (χ2n) is 3.82. The molecule has 0 amide bonds. The normalized spacial score (nSPS) is 10.9. The van der Waals surface area contributed by atoms with Crippen molar-refractivity contribution >= 4 is 22.2 Å².